The zero-order valence-electron chi connectivity index (χ0n) is 11.0. The summed E-state index contributed by atoms with van der Waals surface area (Å²) >= 11 is 7.69. The van der Waals surface area contributed by atoms with Gasteiger partial charge in [-0.15, -0.1) is 11.3 Å². The highest BCUT2D eigenvalue weighted by Gasteiger charge is 2.07. The maximum absolute atomic E-state index is 6.13. The van der Waals surface area contributed by atoms with Crippen molar-refractivity contribution in [1.29, 1.82) is 0 Å². The molecule has 0 amide bonds. The fraction of sp³-hybridized carbons (Fsp3) is 0.200. The van der Waals surface area contributed by atoms with E-state index in [4.69, 9.17) is 16.3 Å². The van der Waals surface area contributed by atoms with Gasteiger partial charge < -0.3 is 4.74 Å². The van der Waals surface area contributed by atoms with Gasteiger partial charge in [0.15, 0.2) is 5.82 Å². The first-order valence-corrected chi connectivity index (χ1v) is 7.63. The summed E-state index contributed by atoms with van der Waals surface area (Å²) < 4.78 is 5.74. The normalized spacial score (nSPS) is 10.9. The van der Waals surface area contributed by atoms with Gasteiger partial charge in [0, 0.05) is 5.39 Å². The van der Waals surface area contributed by atoms with Crippen molar-refractivity contribution >= 4 is 33.2 Å². The maximum Gasteiger partial charge on any atom is 0.169 e. The summed E-state index contributed by atoms with van der Waals surface area (Å²) in [5.74, 6) is 1.43. The smallest absolute Gasteiger partial charge is 0.169 e. The summed E-state index contributed by atoms with van der Waals surface area (Å²) in [5.41, 5.74) is 1.25. The second-order valence-corrected chi connectivity index (χ2v) is 5.61. The van der Waals surface area contributed by atoms with Crippen LogP contribution >= 0.6 is 22.9 Å². The van der Waals surface area contributed by atoms with Crippen LogP contribution in [0.15, 0.2) is 35.7 Å². The zero-order valence-corrected chi connectivity index (χ0v) is 12.5. The fourth-order valence-corrected chi connectivity index (χ4v) is 3.02. The third-order valence-corrected chi connectivity index (χ3v) is 4.09. The maximum atomic E-state index is 6.13. The standard InChI is InChI=1S/C15H13ClN2OS/c1-2-10-4-3-5-11(8-10)19-9-13-17-14(16)12-6-7-20-15(12)18-13/h3-8H,2,9H2,1H3. The number of aromatic nitrogens is 2. The van der Waals surface area contributed by atoms with Gasteiger partial charge in [-0.25, -0.2) is 9.97 Å². The molecule has 0 aliphatic carbocycles. The average Bonchev–Trinajstić information content (AvgIpc) is 2.94. The molecule has 2 heterocycles. The van der Waals surface area contributed by atoms with Crippen molar-refractivity contribution in [2.24, 2.45) is 0 Å². The number of hydrogen-bond donors (Lipinski definition) is 0. The highest BCUT2D eigenvalue weighted by Crippen LogP contribution is 2.25. The third-order valence-electron chi connectivity index (χ3n) is 3.00. The van der Waals surface area contributed by atoms with E-state index in [0.29, 0.717) is 17.6 Å². The van der Waals surface area contributed by atoms with Crippen LogP contribution in [0.25, 0.3) is 10.2 Å². The molecular formula is C15H13ClN2OS. The molecule has 2 aromatic heterocycles. The van der Waals surface area contributed by atoms with E-state index in [2.05, 4.69) is 23.0 Å². The van der Waals surface area contributed by atoms with Gasteiger partial charge >= 0.3 is 0 Å². The Morgan fingerprint density at radius 3 is 3.00 bits per heavy atom. The molecule has 0 N–H and O–H groups in total. The quantitative estimate of drug-likeness (QED) is 0.666. The van der Waals surface area contributed by atoms with Gasteiger partial charge in [0.2, 0.25) is 0 Å². The van der Waals surface area contributed by atoms with Crippen molar-refractivity contribution in [3.8, 4) is 5.75 Å². The van der Waals surface area contributed by atoms with E-state index in [-0.39, 0.29) is 0 Å². The molecule has 3 rings (SSSR count). The average molecular weight is 305 g/mol. The Morgan fingerprint density at radius 1 is 1.25 bits per heavy atom. The third kappa shape index (κ3) is 2.76. The Bertz CT molecular complexity index is 742. The Morgan fingerprint density at radius 2 is 2.15 bits per heavy atom. The first-order valence-electron chi connectivity index (χ1n) is 6.37. The summed E-state index contributed by atoms with van der Waals surface area (Å²) in [7, 11) is 0. The van der Waals surface area contributed by atoms with E-state index in [1.54, 1.807) is 11.3 Å². The van der Waals surface area contributed by atoms with Crippen molar-refractivity contribution in [1.82, 2.24) is 9.97 Å². The summed E-state index contributed by atoms with van der Waals surface area (Å²) in [6.45, 7) is 2.44. The molecular weight excluding hydrogens is 292 g/mol. The highest BCUT2D eigenvalue weighted by atomic mass is 35.5. The molecule has 102 valence electrons. The zero-order chi connectivity index (χ0) is 13.9. The predicted octanol–water partition coefficient (Wildman–Crippen LogP) is 4.49. The topological polar surface area (TPSA) is 35.0 Å². The molecule has 5 heteroatoms. The van der Waals surface area contributed by atoms with Crippen LogP contribution in [-0.2, 0) is 13.0 Å². The molecule has 0 spiro atoms. The molecule has 0 fully saturated rings. The largest absolute Gasteiger partial charge is 0.486 e. The molecule has 0 saturated carbocycles. The van der Waals surface area contributed by atoms with Crippen LogP contribution in [0.2, 0.25) is 5.15 Å². The van der Waals surface area contributed by atoms with Crippen LogP contribution in [-0.4, -0.2) is 9.97 Å². The van der Waals surface area contributed by atoms with Gasteiger partial charge in [-0.1, -0.05) is 30.7 Å². The molecule has 0 atom stereocenters. The molecule has 0 aliphatic rings. The van der Waals surface area contributed by atoms with Gasteiger partial charge in [-0.05, 0) is 35.6 Å². The van der Waals surface area contributed by atoms with E-state index >= 15 is 0 Å². The lowest BCUT2D eigenvalue weighted by Gasteiger charge is -2.07. The molecule has 20 heavy (non-hydrogen) atoms. The Kier molecular flexibility index (Phi) is 3.85. The number of rotatable bonds is 4. The van der Waals surface area contributed by atoms with Gasteiger partial charge in [0.1, 0.15) is 22.3 Å². The second-order valence-electron chi connectivity index (χ2n) is 4.36. The van der Waals surface area contributed by atoms with E-state index < -0.39 is 0 Å². The van der Waals surface area contributed by atoms with Crippen molar-refractivity contribution in [3.05, 3.63) is 52.3 Å². The predicted molar refractivity (Wildman–Crippen MR) is 82.6 cm³/mol. The van der Waals surface area contributed by atoms with Crippen LogP contribution in [0.4, 0.5) is 0 Å². The monoisotopic (exact) mass is 304 g/mol. The molecule has 0 unspecified atom stereocenters. The lowest BCUT2D eigenvalue weighted by atomic mass is 10.2. The molecule has 3 nitrogen and oxygen atoms in total. The van der Waals surface area contributed by atoms with Crippen molar-refractivity contribution in [2.75, 3.05) is 0 Å². The number of fused-ring (bicyclic) bond motifs is 1. The summed E-state index contributed by atoms with van der Waals surface area (Å²) in [6.07, 6.45) is 0.987. The van der Waals surface area contributed by atoms with Gasteiger partial charge in [-0.2, -0.15) is 0 Å². The molecule has 0 bridgehead atoms. The number of benzene rings is 1. The van der Waals surface area contributed by atoms with Crippen LogP contribution in [0.1, 0.15) is 18.3 Å². The fourth-order valence-electron chi connectivity index (χ4n) is 1.93. The highest BCUT2D eigenvalue weighted by molar-refractivity contribution is 7.16. The molecule has 1 aromatic carbocycles. The minimum Gasteiger partial charge on any atom is -0.486 e. The van der Waals surface area contributed by atoms with Crippen LogP contribution in [0, 0.1) is 0 Å². The van der Waals surface area contributed by atoms with Crippen LogP contribution < -0.4 is 4.74 Å². The molecule has 0 saturated heterocycles. The Hall–Kier alpha value is -1.65. The lowest BCUT2D eigenvalue weighted by molar-refractivity contribution is 0.296. The van der Waals surface area contributed by atoms with Gasteiger partial charge in [0.05, 0.1) is 0 Å². The Labute approximate surface area is 126 Å². The summed E-state index contributed by atoms with van der Waals surface area (Å²) in [5, 5.41) is 3.34. The number of ether oxygens (including phenoxy) is 1. The van der Waals surface area contributed by atoms with E-state index in [9.17, 15) is 0 Å². The van der Waals surface area contributed by atoms with Crippen molar-refractivity contribution in [2.45, 2.75) is 20.0 Å². The van der Waals surface area contributed by atoms with Crippen LogP contribution in [0.5, 0.6) is 5.75 Å². The number of halogens is 1. The lowest BCUT2D eigenvalue weighted by Crippen LogP contribution is -2.01. The van der Waals surface area contributed by atoms with Gasteiger partial charge in [0.25, 0.3) is 0 Å². The summed E-state index contributed by atoms with van der Waals surface area (Å²) in [6, 6.07) is 9.97. The van der Waals surface area contributed by atoms with Crippen LogP contribution in [0.3, 0.4) is 0 Å². The number of nitrogens with zero attached hydrogens (tertiary/aromatic N) is 2. The van der Waals surface area contributed by atoms with E-state index in [0.717, 1.165) is 22.4 Å². The first-order chi connectivity index (χ1) is 9.76. The van der Waals surface area contributed by atoms with E-state index in [1.807, 2.05) is 29.6 Å². The first kappa shape index (κ1) is 13.3. The van der Waals surface area contributed by atoms with Crippen molar-refractivity contribution in [3.63, 3.8) is 0 Å². The second kappa shape index (κ2) is 5.77. The van der Waals surface area contributed by atoms with Crippen molar-refractivity contribution < 1.29 is 4.74 Å². The van der Waals surface area contributed by atoms with E-state index in [1.165, 1.54) is 5.56 Å². The Balaban J connectivity index is 1.79. The number of hydrogen-bond acceptors (Lipinski definition) is 4. The molecule has 0 radical (unpaired) electrons. The number of thiophene rings is 1. The minimum atomic E-state index is 0.320. The number of aryl methyl sites for hydroxylation is 1. The molecule has 0 aliphatic heterocycles. The summed E-state index contributed by atoms with van der Waals surface area (Å²) in [4.78, 5) is 9.61. The van der Waals surface area contributed by atoms with Gasteiger partial charge in [-0.3, -0.25) is 0 Å². The SMILES string of the molecule is CCc1cccc(OCc2nc(Cl)c3ccsc3n2)c1. The molecule has 3 aromatic rings. The minimum absolute atomic E-state index is 0.320.